The van der Waals surface area contributed by atoms with E-state index in [1.54, 1.807) is 0 Å². The summed E-state index contributed by atoms with van der Waals surface area (Å²) in [6.45, 7) is 8.12. The summed E-state index contributed by atoms with van der Waals surface area (Å²) in [5.41, 5.74) is 8.31. The second-order valence-electron chi connectivity index (χ2n) is 9.30. The largest absolute Gasteiger partial charge is 0.298 e. The summed E-state index contributed by atoms with van der Waals surface area (Å²) >= 11 is 0. The van der Waals surface area contributed by atoms with Crippen molar-refractivity contribution in [2.24, 2.45) is 7.05 Å². The van der Waals surface area contributed by atoms with Gasteiger partial charge in [-0.1, -0.05) is 36.4 Å². The zero-order chi connectivity index (χ0) is 21.9. The number of ketones is 1. The lowest BCUT2D eigenvalue weighted by Gasteiger charge is -2.18. The summed E-state index contributed by atoms with van der Waals surface area (Å²) in [6, 6.07) is 17.0. The van der Waals surface area contributed by atoms with Crippen LogP contribution in [0.3, 0.4) is 0 Å². The molecular weight excluding hydrogens is 382 g/mol. The molecule has 1 aliphatic rings. The number of hydrogen-bond acceptors (Lipinski definition) is 3. The van der Waals surface area contributed by atoms with E-state index < -0.39 is 5.41 Å². The van der Waals surface area contributed by atoms with Crippen LogP contribution in [0, 0.1) is 13.8 Å². The number of pyridine rings is 1. The average Bonchev–Trinajstić information content (AvgIpc) is 3.13. The van der Waals surface area contributed by atoms with Gasteiger partial charge >= 0.3 is 0 Å². The van der Waals surface area contributed by atoms with Gasteiger partial charge in [-0.2, -0.15) is 5.10 Å². The number of carbonyl (C=O) groups is 1. The number of fused-ring (bicyclic) bond motifs is 2. The van der Waals surface area contributed by atoms with Crippen LogP contribution in [0.1, 0.15) is 47.8 Å². The lowest BCUT2D eigenvalue weighted by Crippen LogP contribution is -2.26. The van der Waals surface area contributed by atoms with Crippen molar-refractivity contribution in [2.45, 2.75) is 45.4 Å². The summed E-state index contributed by atoms with van der Waals surface area (Å²) in [4.78, 5) is 17.9. The van der Waals surface area contributed by atoms with Crippen molar-refractivity contribution < 1.29 is 4.79 Å². The van der Waals surface area contributed by atoms with Crippen molar-refractivity contribution in [3.63, 3.8) is 0 Å². The molecule has 1 aliphatic carbocycles. The predicted molar refractivity (Wildman–Crippen MR) is 124 cm³/mol. The number of benzene rings is 2. The first-order valence-electron chi connectivity index (χ1n) is 10.8. The van der Waals surface area contributed by atoms with Gasteiger partial charge in [0, 0.05) is 41.2 Å². The Morgan fingerprint density at radius 1 is 1.00 bits per heavy atom. The number of aromatic nitrogens is 3. The fraction of sp³-hybridized carbons (Fsp3) is 0.296. The third-order valence-corrected chi connectivity index (χ3v) is 6.82. The van der Waals surface area contributed by atoms with Crippen LogP contribution in [-0.4, -0.2) is 20.5 Å². The van der Waals surface area contributed by atoms with Crippen LogP contribution in [0.15, 0.2) is 54.7 Å². The topological polar surface area (TPSA) is 47.8 Å². The molecule has 4 nitrogen and oxygen atoms in total. The summed E-state index contributed by atoms with van der Waals surface area (Å²) in [6.07, 6.45) is 2.61. The molecule has 0 bridgehead atoms. The highest BCUT2D eigenvalue weighted by molar-refractivity contribution is 6.00. The second kappa shape index (κ2) is 6.88. The van der Waals surface area contributed by atoms with Gasteiger partial charge in [-0.3, -0.25) is 14.5 Å². The Hall–Kier alpha value is -3.27. The Morgan fingerprint density at radius 3 is 2.52 bits per heavy atom. The van der Waals surface area contributed by atoms with Crippen LogP contribution >= 0.6 is 0 Å². The monoisotopic (exact) mass is 409 g/mol. The summed E-state index contributed by atoms with van der Waals surface area (Å²) in [5.74, 6) is 0.151. The fourth-order valence-corrected chi connectivity index (χ4v) is 5.00. The highest BCUT2D eigenvalue weighted by Gasteiger charge is 2.45. The molecule has 4 heteroatoms. The molecule has 0 aliphatic heterocycles. The van der Waals surface area contributed by atoms with E-state index in [1.807, 2.05) is 37.8 Å². The van der Waals surface area contributed by atoms with E-state index in [9.17, 15) is 4.79 Å². The zero-order valence-electron chi connectivity index (χ0n) is 18.7. The highest BCUT2D eigenvalue weighted by atomic mass is 16.1. The second-order valence-corrected chi connectivity index (χ2v) is 9.30. The lowest BCUT2D eigenvalue weighted by atomic mass is 9.84. The molecule has 0 amide bonds. The van der Waals surface area contributed by atoms with Gasteiger partial charge in [-0.25, -0.2) is 0 Å². The number of aryl methyl sites for hydroxylation is 3. The molecule has 5 rings (SSSR count). The van der Waals surface area contributed by atoms with Crippen molar-refractivity contribution in [1.82, 2.24) is 14.8 Å². The molecule has 1 unspecified atom stereocenters. The maximum atomic E-state index is 13.5. The van der Waals surface area contributed by atoms with E-state index >= 15 is 0 Å². The van der Waals surface area contributed by atoms with Gasteiger partial charge in [0.2, 0.25) is 0 Å². The normalized spacial score (nSPS) is 17.3. The number of nitrogens with zero attached hydrogens (tertiary/aromatic N) is 3. The summed E-state index contributed by atoms with van der Waals surface area (Å²) < 4.78 is 1.92. The van der Waals surface area contributed by atoms with Crippen LogP contribution in [0.5, 0.6) is 0 Å². The molecule has 2 aromatic heterocycles. The van der Waals surface area contributed by atoms with Gasteiger partial charge in [-0.05, 0) is 68.5 Å². The minimum Gasteiger partial charge on any atom is -0.298 e. The quantitative estimate of drug-likeness (QED) is 0.453. The van der Waals surface area contributed by atoms with Crippen molar-refractivity contribution in [3.8, 4) is 11.1 Å². The van der Waals surface area contributed by atoms with Crippen molar-refractivity contribution in [1.29, 1.82) is 0 Å². The van der Waals surface area contributed by atoms with E-state index in [0.717, 1.165) is 39.2 Å². The predicted octanol–water partition coefficient (Wildman–Crippen LogP) is 5.44. The zero-order valence-corrected chi connectivity index (χ0v) is 18.7. The van der Waals surface area contributed by atoms with E-state index in [0.29, 0.717) is 12.2 Å². The van der Waals surface area contributed by atoms with Crippen LogP contribution in [0.25, 0.3) is 22.0 Å². The smallest absolute Gasteiger partial charge is 0.150 e. The van der Waals surface area contributed by atoms with Crippen LogP contribution in [-0.2, 0) is 23.7 Å². The first-order chi connectivity index (χ1) is 14.8. The highest BCUT2D eigenvalue weighted by Crippen LogP contribution is 2.45. The Balaban J connectivity index is 1.57. The average molecular weight is 410 g/mol. The van der Waals surface area contributed by atoms with Crippen molar-refractivity contribution in [3.05, 3.63) is 82.8 Å². The molecule has 0 spiro atoms. The first kappa shape index (κ1) is 19.7. The molecule has 0 N–H and O–H groups in total. The molecule has 2 aromatic carbocycles. The fourth-order valence-electron chi connectivity index (χ4n) is 5.00. The number of carbonyl (C=O) groups excluding carboxylic acids is 1. The lowest BCUT2D eigenvalue weighted by molar-refractivity contribution is -0.123. The van der Waals surface area contributed by atoms with Gasteiger partial charge < -0.3 is 0 Å². The Bertz CT molecular complexity index is 1330. The van der Waals surface area contributed by atoms with Crippen LogP contribution in [0.2, 0.25) is 0 Å². The van der Waals surface area contributed by atoms with Gasteiger partial charge in [0.05, 0.1) is 11.2 Å². The van der Waals surface area contributed by atoms with E-state index in [1.165, 1.54) is 10.9 Å². The van der Waals surface area contributed by atoms with E-state index in [-0.39, 0.29) is 5.92 Å². The molecule has 4 aromatic rings. The van der Waals surface area contributed by atoms with E-state index in [2.05, 4.69) is 66.4 Å². The maximum absolute atomic E-state index is 13.5. The van der Waals surface area contributed by atoms with Crippen LogP contribution in [0.4, 0.5) is 0 Å². The van der Waals surface area contributed by atoms with Gasteiger partial charge in [0.15, 0.2) is 5.78 Å². The first-order valence-corrected chi connectivity index (χ1v) is 10.8. The summed E-state index contributed by atoms with van der Waals surface area (Å²) in [5, 5.41) is 5.70. The molecule has 0 saturated heterocycles. The molecular formula is C27H27N3O. The SMILES string of the molecule is Cc1ccc(-c2ccc3c(c2)C(Cc2ccc4c(C)nn(C)c4c2)C(=O)C3(C)C)cn1. The number of hydrogen-bond donors (Lipinski definition) is 0. The number of Topliss-reactive ketones (excluding diaryl/α,β-unsaturated/α-hetero) is 1. The molecule has 0 fully saturated rings. The Kier molecular flexibility index (Phi) is 4.37. The molecule has 0 radical (unpaired) electrons. The van der Waals surface area contributed by atoms with E-state index in [4.69, 9.17) is 0 Å². The maximum Gasteiger partial charge on any atom is 0.150 e. The van der Waals surface area contributed by atoms with Gasteiger partial charge in [0.25, 0.3) is 0 Å². The Morgan fingerprint density at radius 2 is 1.77 bits per heavy atom. The van der Waals surface area contributed by atoms with Gasteiger partial charge in [0.1, 0.15) is 0 Å². The third-order valence-electron chi connectivity index (χ3n) is 6.82. The standard InChI is InChI=1S/C27H27N3O/c1-16-6-8-20(15-28-16)19-9-11-24-22(14-19)23(26(31)27(24,3)4)12-18-7-10-21-17(2)29-30(5)25(21)13-18/h6-11,13-15,23H,12H2,1-5H3. The van der Waals surface area contributed by atoms with Crippen molar-refractivity contribution in [2.75, 3.05) is 0 Å². The summed E-state index contributed by atoms with van der Waals surface area (Å²) in [7, 11) is 1.97. The van der Waals surface area contributed by atoms with Crippen LogP contribution < -0.4 is 0 Å². The van der Waals surface area contributed by atoms with Crippen molar-refractivity contribution >= 4 is 16.7 Å². The molecule has 156 valence electrons. The minimum absolute atomic E-state index is 0.143. The number of rotatable bonds is 3. The minimum atomic E-state index is -0.475. The molecule has 0 saturated carbocycles. The molecule has 1 atom stereocenters. The molecule has 2 heterocycles. The Labute approximate surface area is 182 Å². The third kappa shape index (κ3) is 3.09. The van der Waals surface area contributed by atoms with Gasteiger partial charge in [-0.15, -0.1) is 0 Å². The molecule has 31 heavy (non-hydrogen) atoms.